The molecule has 4 heteroatoms. The summed E-state index contributed by atoms with van der Waals surface area (Å²) in [6.45, 7) is 0.574. The molecule has 0 spiro atoms. The predicted octanol–water partition coefficient (Wildman–Crippen LogP) is 3.20. The van der Waals surface area contributed by atoms with Gasteiger partial charge in [-0.1, -0.05) is 54.6 Å². The van der Waals surface area contributed by atoms with E-state index in [9.17, 15) is 9.90 Å². The molecule has 2 aromatic carbocycles. The molecule has 0 amide bonds. The van der Waals surface area contributed by atoms with E-state index in [1.807, 2.05) is 59.3 Å². The molecule has 0 saturated carbocycles. The molecule has 108 valence electrons. The molecule has 0 saturated heterocycles. The lowest BCUT2D eigenvalue weighted by molar-refractivity contribution is 0.0688. The highest BCUT2D eigenvalue weighted by molar-refractivity contribution is 5.92. The van der Waals surface area contributed by atoms with Crippen LogP contribution in [-0.4, -0.2) is 20.9 Å². The van der Waals surface area contributed by atoms with Crippen molar-refractivity contribution in [2.75, 3.05) is 0 Å². The third-order valence-electron chi connectivity index (χ3n) is 4.07. The van der Waals surface area contributed by atoms with Crippen LogP contribution >= 0.6 is 0 Å². The summed E-state index contributed by atoms with van der Waals surface area (Å²) in [6, 6.07) is 18.0. The number of hydrogen-bond acceptors (Lipinski definition) is 2. The average Bonchev–Trinajstić information content (AvgIpc) is 3.06. The van der Waals surface area contributed by atoms with Crippen LogP contribution in [0.4, 0.5) is 0 Å². The summed E-state index contributed by atoms with van der Waals surface area (Å²) < 4.78 is 1.82. The lowest BCUT2D eigenvalue weighted by atomic mass is 10.1. The first-order valence-electron chi connectivity index (χ1n) is 7.19. The van der Waals surface area contributed by atoms with Gasteiger partial charge in [0.25, 0.3) is 0 Å². The molecule has 1 aromatic heterocycles. The molecule has 1 heterocycles. The predicted molar refractivity (Wildman–Crippen MR) is 83.0 cm³/mol. The molecule has 3 aromatic rings. The first-order valence-corrected chi connectivity index (χ1v) is 7.19. The van der Waals surface area contributed by atoms with Crippen LogP contribution in [0.25, 0.3) is 11.3 Å². The Morgan fingerprint density at radius 3 is 2.59 bits per heavy atom. The maximum atomic E-state index is 11.5. The minimum absolute atomic E-state index is 0.169. The summed E-state index contributed by atoms with van der Waals surface area (Å²) in [7, 11) is 0. The number of aromatic nitrogens is 2. The number of hydrogen-bond donors (Lipinski definition) is 1. The zero-order valence-corrected chi connectivity index (χ0v) is 11.9. The molecule has 0 radical (unpaired) electrons. The van der Waals surface area contributed by atoms with E-state index in [-0.39, 0.29) is 5.69 Å². The number of carbonyl (C=O) groups is 1. The highest BCUT2D eigenvalue weighted by atomic mass is 16.4. The van der Waals surface area contributed by atoms with Crippen LogP contribution in [-0.2, 0) is 13.0 Å². The van der Waals surface area contributed by atoms with Crippen LogP contribution in [0.15, 0.2) is 54.6 Å². The molecule has 1 aliphatic carbocycles. The van der Waals surface area contributed by atoms with E-state index in [4.69, 9.17) is 0 Å². The van der Waals surface area contributed by atoms with E-state index >= 15 is 0 Å². The minimum atomic E-state index is -0.962. The molecule has 22 heavy (non-hydrogen) atoms. The number of aromatic carboxylic acids is 1. The molecular formula is C18H14N2O2. The molecule has 4 rings (SSSR count). The Bertz CT molecular complexity index is 866. The summed E-state index contributed by atoms with van der Waals surface area (Å²) in [4.78, 5) is 11.5. The Labute approximate surface area is 127 Å². The summed E-state index contributed by atoms with van der Waals surface area (Å²) >= 11 is 0. The minimum Gasteiger partial charge on any atom is -0.476 e. The molecule has 0 unspecified atom stereocenters. The van der Waals surface area contributed by atoms with Crippen molar-refractivity contribution in [1.82, 2.24) is 9.78 Å². The van der Waals surface area contributed by atoms with Crippen LogP contribution in [0.2, 0.25) is 0 Å². The largest absolute Gasteiger partial charge is 0.476 e. The second-order valence-corrected chi connectivity index (χ2v) is 5.46. The SMILES string of the molecule is O=C(O)c1nn(Cc2ccccc2)c2c1Cc1ccccc1-2. The van der Waals surface area contributed by atoms with E-state index in [0.717, 1.165) is 22.4 Å². The van der Waals surface area contributed by atoms with Gasteiger partial charge >= 0.3 is 5.97 Å². The van der Waals surface area contributed by atoms with Gasteiger partial charge in [-0.3, -0.25) is 4.68 Å². The smallest absolute Gasteiger partial charge is 0.356 e. The van der Waals surface area contributed by atoms with Gasteiger partial charge in [-0.2, -0.15) is 5.10 Å². The maximum absolute atomic E-state index is 11.5. The van der Waals surface area contributed by atoms with Gasteiger partial charge in [-0.05, 0) is 11.1 Å². The first kappa shape index (κ1) is 12.8. The van der Waals surface area contributed by atoms with Crippen molar-refractivity contribution < 1.29 is 9.90 Å². The van der Waals surface area contributed by atoms with Crippen LogP contribution in [0.3, 0.4) is 0 Å². The van der Waals surface area contributed by atoms with Crippen molar-refractivity contribution in [1.29, 1.82) is 0 Å². The molecule has 0 bridgehead atoms. The average molecular weight is 290 g/mol. The van der Waals surface area contributed by atoms with Gasteiger partial charge in [0.1, 0.15) is 0 Å². The second-order valence-electron chi connectivity index (χ2n) is 5.46. The third-order valence-corrected chi connectivity index (χ3v) is 4.07. The highest BCUT2D eigenvalue weighted by Crippen LogP contribution is 2.38. The fraction of sp³-hybridized carbons (Fsp3) is 0.111. The Morgan fingerprint density at radius 1 is 1.09 bits per heavy atom. The molecule has 1 N–H and O–H groups in total. The number of nitrogens with zero attached hydrogens (tertiary/aromatic N) is 2. The summed E-state index contributed by atoms with van der Waals surface area (Å²) in [5, 5.41) is 13.8. The zero-order valence-electron chi connectivity index (χ0n) is 11.9. The van der Waals surface area contributed by atoms with Crippen LogP contribution in [0, 0.1) is 0 Å². The second kappa shape index (κ2) is 4.84. The third kappa shape index (κ3) is 1.92. The van der Waals surface area contributed by atoms with Crippen molar-refractivity contribution in [3.8, 4) is 11.3 Å². The molecule has 0 fully saturated rings. The van der Waals surface area contributed by atoms with Gasteiger partial charge in [0, 0.05) is 17.5 Å². The Kier molecular flexibility index (Phi) is 2.82. The molecule has 1 aliphatic rings. The number of carboxylic acids is 1. The van der Waals surface area contributed by atoms with E-state index < -0.39 is 5.97 Å². The standard InChI is InChI=1S/C18H14N2O2/c21-18(22)16-15-10-13-8-4-5-9-14(13)17(15)20(19-16)11-12-6-2-1-3-7-12/h1-9H,10-11H2,(H,21,22). The summed E-state index contributed by atoms with van der Waals surface area (Å²) in [5.74, 6) is -0.962. The van der Waals surface area contributed by atoms with E-state index in [0.29, 0.717) is 13.0 Å². The number of carboxylic acid groups (broad SMARTS) is 1. The van der Waals surface area contributed by atoms with Crippen molar-refractivity contribution in [2.45, 2.75) is 13.0 Å². The Hall–Kier alpha value is -2.88. The number of rotatable bonds is 3. The lowest BCUT2D eigenvalue weighted by Crippen LogP contribution is -2.06. The fourth-order valence-electron chi connectivity index (χ4n) is 3.11. The van der Waals surface area contributed by atoms with Gasteiger partial charge in [-0.25, -0.2) is 4.79 Å². The van der Waals surface area contributed by atoms with E-state index in [1.54, 1.807) is 0 Å². The van der Waals surface area contributed by atoms with Crippen molar-refractivity contribution in [3.05, 3.63) is 77.0 Å². The van der Waals surface area contributed by atoms with Gasteiger partial charge in [0.05, 0.1) is 12.2 Å². The normalized spacial score (nSPS) is 12.0. The molecule has 4 nitrogen and oxygen atoms in total. The monoisotopic (exact) mass is 290 g/mol. The molecule has 0 atom stereocenters. The summed E-state index contributed by atoms with van der Waals surface area (Å²) in [5.41, 5.74) is 5.30. The fourth-order valence-corrected chi connectivity index (χ4v) is 3.11. The first-order chi connectivity index (χ1) is 10.7. The van der Waals surface area contributed by atoms with E-state index in [1.165, 1.54) is 5.56 Å². The van der Waals surface area contributed by atoms with Crippen LogP contribution < -0.4 is 0 Å². The van der Waals surface area contributed by atoms with Gasteiger partial charge in [0.2, 0.25) is 0 Å². The van der Waals surface area contributed by atoms with Crippen molar-refractivity contribution in [3.63, 3.8) is 0 Å². The quantitative estimate of drug-likeness (QED) is 0.630. The van der Waals surface area contributed by atoms with Crippen molar-refractivity contribution >= 4 is 5.97 Å². The van der Waals surface area contributed by atoms with Gasteiger partial charge < -0.3 is 5.11 Å². The number of fused-ring (bicyclic) bond motifs is 3. The number of benzene rings is 2. The molecule has 0 aliphatic heterocycles. The van der Waals surface area contributed by atoms with Gasteiger partial charge in [0.15, 0.2) is 5.69 Å². The van der Waals surface area contributed by atoms with Crippen molar-refractivity contribution in [2.24, 2.45) is 0 Å². The molecular weight excluding hydrogens is 276 g/mol. The van der Waals surface area contributed by atoms with E-state index in [2.05, 4.69) is 5.10 Å². The Morgan fingerprint density at radius 2 is 1.82 bits per heavy atom. The van der Waals surface area contributed by atoms with Crippen LogP contribution in [0.1, 0.15) is 27.2 Å². The van der Waals surface area contributed by atoms with Crippen LogP contribution in [0.5, 0.6) is 0 Å². The maximum Gasteiger partial charge on any atom is 0.356 e. The zero-order chi connectivity index (χ0) is 15.1. The Balaban J connectivity index is 1.87. The lowest BCUT2D eigenvalue weighted by Gasteiger charge is -2.07. The van der Waals surface area contributed by atoms with Gasteiger partial charge in [-0.15, -0.1) is 0 Å². The summed E-state index contributed by atoms with van der Waals surface area (Å²) in [6.07, 6.45) is 0.641. The topological polar surface area (TPSA) is 55.1 Å². The highest BCUT2D eigenvalue weighted by Gasteiger charge is 2.29.